The van der Waals surface area contributed by atoms with Gasteiger partial charge in [-0.2, -0.15) is 0 Å². The van der Waals surface area contributed by atoms with E-state index < -0.39 is 24.3 Å². The summed E-state index contributed by atoms with van der Waals surface area (Å²) in [5, 5.41) is 38.4. The first-order chi connectivity index (χ1) is 11.0. The fourth-order valence-electron chi connectivity index (χ4n) is 3.45. The second kappa shape index (κ2) is 10.8. The summed E-state index contributed by atoms with van der Waals surface area (Å²) in [6.45, 7) is 2.01. The van der Waals surface area contributed by atoms with E-state index in [1.54, 1.807) is 6.08 Å². The van der Waals surface area contributed by atoms with Crippen molar-refractivity contribution in [3.05, 3.63) is 12.2 Å². The van der Waals surface area contributed by atoms with Crippen LogP contribution in [0.5, 0.6) is 0 Å². The van der Waals surface area contributed by atoms with Gasteiger partial charge in [0.05, 0.1) is 18.3 Å². The van der Waals surface area contributed by atoms with Crippen molar-refractivity contribution < 1.29 is 25.2 Å². The summed E-state index contributed by atoms with van der Waals surface area (Å²) in [5.41, 5.74) is 0. The van der Waals surface area contributed by atoms with Gasteiger partial charge in [-0.3, -0.25) is 4.79 Å². The second-order valence-electron chi connectivity index (χ2n) is 6.67. The average molecular weight is 328 g/mol. The second-order valence-corrected chi connectivity index (χ2v) is 6.67. The minimum Gasteiger partial charge on any atom is -0.481 e. The van der Waals surface area contributed by atoms with Crippen LogP contribution in [-0.2, 0) is 4.79 Å². The predicted octanol–water partition coefficient (Wildman–Crippen LogP) is 2.49. The van der Waals surface area contributed by atoms with Gasteiger partial charge in [0.1, 0.15) is 0 Å². The molecular weight excluding hydrogens is 296 g/mol. The topological polar surface area (TPSA) is 98.0 Å². The highest BCUT2D eigenvalue weighted by Crippen LogP contribution is 2.35. The normalized spacial score (nSPS) is 29.2. The molecule has 0 aromatic rings. The van der Waals surface area contributed by atoms with Crippen LogP contribution in [0, 0.1) is 11.8 Å². The van der Waals surface area contributed by atoms with Crippen molar-refractivity contribution >= 4 is 5.97 Å². The van der Waals surface area contributed by atoms with E-state index in [4.69, 9.17) is 5.11 Å². The van der Waals surface area contributed by atoms with Crippen molar-refractivity contribution in [2.24, 2.45) is 11.8 Å². The Balaban J connectivity index is 2.18. The molecule has 134 valence electrons. The zero-order chi connectivity index (χ0) is 17.2. The number of carbonyl (C=O) groups is 1. The maximum atomic E-state index is 10.4. The molecule has 5 atom stereocenters. The summed E-state index contributed by atoms with van der Waals surface area (Å²) in [5.74, 6) is -0.737. The molecular formula is C18H32O5. The quantitative estimate of drug-likeness (QED) is 0.345. The molecule has 0 aromatic heterocycles. The van der Waals surface area contributed by atoms with Gasteiger partial charge in [-0.25, -0.2) is 0 Å². The van der Waals surface area contributed by atoms with Gasteiger partial charge in [-0.15, -0.1) is 0 Å². The third kappa shape index (κ3) is 7.46. The summed E-state index contributed by atoms with van der Waals surface area (Å²) < 4.78 is 0. The first-order valence-electron chi connectivity index (χ1n) is 8.90. The molecule has 1 rings (SSSR count). The molecule has 0 spiro atoms. The molecule has 0 amide bonds. The highest BCUT2D eigenvalue weighted by Gasteiger charge is 2.38. The lowest BCUT2D eigenvalue weighted by Crippen LogP contribution is -2.20. The van der Waals surface area contributed by atoms with E-state index in [9.17, 15) is 20.1 Å². The Morgan fingerprint density at radius 1 is 1.13 bits per heavy atom. The highest BCUT2D eigenvalue weighted by atomic mass is 16.4. The number of aliphatic hydroxyl groups is 3. The van der Waals surface area contributed by atoms with E-state index in [1.807, 2.05) is 13.0 Å². The monoisotopic (exact) mass is 328 g/mol. The lowest BCUT2D eigenvalue weighted by atomic mass is 9.90. The van der Waals surface area contributed by atoms with Crippen molar-refractivity contribution in [1.29, 1.82) is 0 Å². The summed E-state index contributed by atoms with van der Waals surface area (Å²) >= 11 is 0. The van der Waals surface area contributed by atoms with Crippen LogP contribution in [0.2, 0.25) is 0 Å². The molecule has 1 aliphatic rings. The van der Waals surface area contributed by atoms with Crippen LogP contribution in [0.25, 0.3) is 0 Å². The largest absolute Gasteiger partial charge is 0.481 e. The van der Waals surface area contributed by atoms with E-state index in [1.165, 1.54) is 0 Å². The van der Waals surface area contributed by atoms with Crippen LogP contribution in [0.4, 0.5) is 0 Å². The maximum Gasteiger partial charge on any atom is 0.303 e. The van der Waals surface area contributed by atoms with E-state index >= 15 is 0 Å². The smallest absolute Gasteiger partial charge is 0.303 e. The van der Waals surface area contributed by atoms with E-state index in [0.29, 0.717) is 12.8 Å². The number of aliphatic carboxylic acids is 1. The molecule has 4 N–H and O–H groups in total. The minimum absolute atomic E-state index is 0.0688. The molecule has 0 heterocycles. The lowest BCUT2D eigenvalue weighted by molar-refractivity contribution is -0.137. The Kier molecular flexibility index (Phi) is 9.44. The number of unbranched alkanes of at least 4 members (excludes halogenated alkanes) is 4. The third-order valence-electron chi connectivity index (χ3n) is 4.83. The van der Waals surface area contributed by atoms with Crippen LogP contribution < -0.4 is 0 Å². The number of aliphatic hydroxyl groups excluding tert-OH is 3. The van der Waals surface area contributed by atoms with Crippen LogP contribution >= 0.6 is 0 Å². The van der Waals surface area contributed by atoms with Crippen molar-refractivity contribution in [3.63, 3.8) is 0 Å². The Hall–Kier alpha value is -0.910. The number of rotatable bonds is 11. The van der Waals surface area contributed by atoms with Gasteiger partial charge in [-0.1, -0.05) is 51.2 Å². The average Bonchev–Trinajstić information content (AvgIpc) is 2.76. The van der Waals surface area contributed by atoms with E-state index in [0.717, 1.165) is 38.5 Å². The first kappa shape index (κ1) is 20.1. The van der Waals surface area contributed by atoms with Crippen LogP contribution in [-0.4, -0.2) is 44.7 Å². The Bertz CT molecular complexity index is 368. The molecule has 23 heavy (non-hydrogen) atoms. The summed E-state index contributed by atoms with van der Waals surface area (Å²) in [4.78, 5) is 10.4. The first-order valence-corrected chi connectivity index (χ1v) is 8.90. The van der Waals surface area contributed by atoms with Gasteiger partial charge in [0.2, 0.25) is 0 Å². The van der Waals surface area contributed by atoms with Gasteiger partial charge < -0.3 is 20.4 Å². The van der Waals surface area contributed by atoms with Crippen LogP contribution in [0.1, 0.15) is 64.7 Å². The minimum atomic E-state index is -0.741. The van der Waals surface area contributed by atoms with Gasteiger partial charge in [0, 0.05) is 18.8 Å². The highest BCUT2D eigenvalue weighted by molar-refractivity contribution is 5.66. The lowest BCUT2D eigenvalue weighted by Gasteiger charge is -2.19. The molecule has 0 bridgehead atoms. The molecule has 0 saturated heterocycles. The Morgan fingerprint density at radius 2 is 1.78 bits per heavy atom. The van der Waals surface area contributed by atoms with E-state index in [2.05, 4.69) is 0 Å². The van der Waals surface area contributed by atoms with Gasteiger partial charge in [0.15, 0.2) is 0 Å². The molecule has 0 aromatic carbocycles. The maximum absolute atomic E-state index is 10.4. The van der Waals surface area contributed by atoms with Crippen molar-refractivity contribution in [1.82, 2.24) is 0 Å². The van der Waals surface area contributed by atoms with Crippen molar-refractivity contribution in [3.8, 4) is 0 Å². The summed E-state index contributed by atoms with van der Waals surface area (Å²) in [6.07, 6.45) is 8.81. The number of hydrogen-bond acceptors (Lipinski definition) is 4. The Morgan fingerprint density at radius 3 is 2.43 bits per heavy atom. The standard InChI is InChI=1S/C18H32O5/c1-2-14-15(17(21)12-16(14)20)11-10-13(19)8-6-4-3-5-7-9-18(22)23/h10-11,13-17,19-21H,2-9,12H2,1H3,(H,22,23)/t13-,14+,15-,16+,17-/m0/s1. The summed E-state index contributed by atoms with van der Waals surface area (Å²) in [6, 6.07) is 0. The number of carboxylic acid groups (broad SMARTS) is 1. The van der Waals surface area contributed by atoms with Crippen molar-refractivity contribution in [2.75, 3.05) is 0 Å². The number of hydrogen-bond donors (Lipinski definition) is 4. The fourth-order valence-corrected chi connectivity index (χ4v) is 3.45. The van der Waals surface area contributed by atoms with E-state index in [-0.39, 0.29) is 18.3 Å². The van der Waals surface area contributed by atoms with Crippen LogP contribution in [0.3, 0.4) is 0 Å². The molecule has 5 nitrogen and oxygen atoms in total. The SMILES string of the molecule is CC[C@@H]1[C@H](C=C[C@@H](O)CCCCCCCC(=O)O)[C@@H](O)C[C@H]1O. The zero-order valence-electron chi connectivity index (χ0n) is 14.1. The molecule has 5 heteroatoms. The molecule has 1 aliphatic carbocycles. The molecule has 1 fully saturated rings. The molecule has 0 aliphatic heterocycles. The van der Waals surface area contributed by atoms with Crippen molar-refractivity contribution in [2.45, 2.75) is 83.0 Å². The zero-order valence-corrected chi connectivity index (χ0v) is 14.1. The van der Waals surface area contributed by atoms with Crippen LogP contribution in [0.15, 0.2) is 12.2 Å². The van der Waals surface area contributed by atoms with Gasteiger partial charge in [0.25, 0.3) is 0 Å². The Labute approximate surface area is 139 Å². The van der Waals surface area contributed by atoms with Gasteiger partial charge >= 0.3 is 5.97 Å². The summed E-state index contributed by atoms with van der Waals surface area (Å²) in [7, 11) is 0. The number of carboxylic acids is 1. The molecule has 0 radical (unpaired) electrons. The van der Waals surface area contributed by atoms with Gasteiger partial charge in [-0.05, 0) is 18.8 Å². The molecule has 1 saturated carbocycles. The fraction of sp³-hybridized carbons (Fsp3) is 0.833. The molecule has 0 unspecified atom stereocenters. The third-order valence-corrected chi connectivity index (χ3v) is 4.83. The predicted molar refractivity (Wildman–Crippen MR) is 89.0 cm³/mol.